The van der Waals surface area contributed by atoms with Crippen molar-refractivity contribution in [3.63, 3.8) is 0 Å². The molecule has 0 aromatic heterocycles. The minimum Gasteiger partial charge on any atom is -0.462 e. The van der Waals surface area contributed by atoms with Gasteiger partial charge in [0.1, 0.15) is 11.7 Å². The Bertz CT molecular complexity index is 265. The predicted molar refractivity (Wildman–Crippen MR) is 70.2 cm³/mol. The average Bonchev–Trinajstić information content (AvgIpc) is 2.14. The molecule has 1 atom stereocenters. The first-order valence-electron chi connectivity index (χ1n) is 6.69. The van der Waals surface area contributed by atoms with Gasteiger partial charge in [0.25, 0.3) is 0 Å². The smallest absolute Gasteiger partial charge is 0.310 e. The van der Waals surface area contributed by atoms with Crippen LogP contribution in [-0.2, 0) is 19.1 Å². The second-order valence-electron chi connectivity index (χ2n) is 5.44. The summed E-state index contributed by atoms with van der Waals surface area (Å²) in [6, 6.07) is 0. The molecule has 0 aromatic carbocycles. The number of carbonyl (C=O) groups is 2. The zero-order valence-electron chi connectivity index (χ0n) is 12.2. The van der Waals surface area contributed by atoms with Crippen LogP contribution in [0.15, 0.2) is 0 Å². The van der Waals surface area contributed by atoms with Crippen molar-refractivity contribution in [1.82, 2.24) is 0 Å². The summed E-state index contributed by atoms with van der Waals surface area (Å²) in [6.45, 7) is 9.38. The predicted octanol–water partition coefficient (Wildman–Crippen LogP) is 3.23. The number of rotatable bonds is 7. The molecule has 0 spiro atoms. The third-order valence-electron chi connectivity index (χ3n) is 2.18. The lowest BCUT2D eigenvalue weighted by atomic mass is 10.1. The first-order valence-corrected chi connectivity index (χ1v) is 6.69. The third-order valence-corrected chi connectivity index (χ3v) is 2.18. The summed E-state index contributed by atoms with van der Waals surface area (Å²) in [5.41, 5.74) is -0.499. The molecule has 0 N–H and O–H groups in total. The fourth-order valence-electron chi connectivity index (χ4n) is 1.54. The summed E-state index contributed by atoms with van der Waals surface area (Å²) in [4.78, 5) is 23.1. The monoisotopic (exact) mass is 258 g/mol. The van der Waals surface area contributed by atoms with Gasteiger partial charge in [0.2, 0.25) is 0 Å². The fourth-order valence-corrected chi connectivity index (χ4v) is 1.54. The maximum atomic E-state index is 11.7. The van der Waals surface area contributed by atoms with Crippen molar-refractivity contribution in [3.05, 3.63) is 0 Å². The van der Waals surface area contributed by atoms with Crippen molar-refractivity contribution in [2.75, 3.05) is 0 Å². The Kier molecular flexibility index (Phi) is 7.64. The Morgan fingerprint density at radius 2 is 1.67 bits per heavy atom. The van der Waals surface area contributed by atoms with Crippen LogP contribution in [0.1, 0.15) is 66.7 Å². The van der Waals surface area contributed by atoms with Crippen molar-refractivity contribution in [2.45, 2.75) is 78.4 Å². The molecule has 0 radical (unpaired) electrons. The SMILES string of the molecule is CCCC(=O)OC(CCC)CC(=O)OC(C)(C)C. The van der Waals surface area contributed by atoms with Gasteiger partial charge in [0, 0.05) is 6.42 Å². The first kappa shape index (κ1) is 16.9. The van der Waals surface area contributed by atoms with Gasteiger partial charge in [-0.2, -0.15) is 0 Å². The van der Waals surface area contributed by atoms with E-state index >= 15 is 0 Å². The zero-order chi connectivity index (χ0) is 14.2. The van der Waals surface area contributed by atoms with E-state index in [1.54, 1.807) is 0 Å². The van der Waals surface area contributed by atoms with E-state index < -0.39 is 5.60 Å². The zero-order valence-corrected chi connectivity index (χ0v) is 12.2. The van der Waals surface area contributed by atoms with Crippen molar-refractivity contribution in [3.8, 4) is 0 Å². The van der Waals surface area contributed by atoms with Gasteiger partial charge in [0.15, 0.2) is 0 Å². The van der Waals surface area contributed by atoms with Gasteiger partial charge in [-0.25, -0.2) is 0 Å². The van der Waals surface area contributed by atoms with E-state index in [0.717, 1.165) is 12.8 Å². The Balaban J connectivity index is 4.26. The van der Waals surface area contributed by atoms with Crippen molar-refractivity contribution in [2.24, 2.45) is 0 Å². The van der Waals surface area contributed by atoms with E-state index in [0.29, 0.717) is 12.8 Å². The first-order chi connectivity index (χ1) is 8.28. The number of hydrogen-bond donors (Lipinski definition) is 0. The van der Waals surface area contributed by atoms with E-state index in [-0.39, 0.29) is 24.5 Å². The highest BCUT2D eigenvalue weighted by molar-refractivity contribution is 5.72. The molecule has 0 amide bonds. The van der Waals surface area contributed by atoms with Crippen LogP contribution in [0.25, 0.3) is 0 Å². The molecule has 0 saturated heterocycles. The van der Waals surface area contributed by atoms with Crippen molar-refractivity contribution < 1.29 is 19.1 Å². The molecular weight excluding hydrogens is 232 g/mol. The lowest BCUT2D eigenvalue weighted by molar-refractivity contribution is -0.161. The molecule has 0 aromatic rings. The van der Waals surface area contributed by atoms with Crippen LogP contribution in [0.5, 0.6) is 0 Å². The van der Waals surface area contributed by atoms with Crippen molar-refractivity contribution >= 4 is 11.9 Å². The fraction of sp³-hybridized carbons (Fsp3) is 0.857. The number of esters is 2. The molecule has 1 unspecified atom stereocenters. The Morgan fingerprint density at radius 3 is 2.11 bits per heavy atom. The molecule has 0 saturated carbocycles. The van der Waals surface area contributed by atoms with Crippen LogP contribution >= 0.6 is 0 Å². The van der Waals surface area contributed by atoms with Gasteiger partial charge in [-0.1, -0.05) is 20.3 Å². The topological polar surface area (TPSA) is 52.6 Å². The van der Waals surface area contributed by atoms with Gasteiger partial charge in [-0.3, -0.25) is 9.59 Å². The summed E-state index contributed by atoms with van der Waals surface area (Å²) in [5, 5.41) is 0. The third kappa shape index (κ3) is 9.02. The minimum atomic E-state index is -0.499. The van der Waals surface area contributed by atoms with Crippen LogP contribution < -0.4 is 0 Å². The van der Waals surface area contributed by atoms with Gasteiger partial charge < -0.3 is 9.47 Å². The molecule has 4 heteroatoms. The maximum Gasteiger partial charge on any atom is 0.310 e. The van der Waals surface area contributed by atoms with Crippen molar-refractivity contribution in [1.29, 1.82) is 0 Å². The summed E-state index contributed by atoms with van der Waals surface area (Å²) < 4.78 is 10.5. The van der Waals surface area contributed by atoms with Gasteiger partial charge in [0.05, 0.1) is 6.42 Å². The summed E-state index contributed by atoms with van der Waals surface area (Å²) in [7, 11) is 0. The molecular formula is C14H26O4. The lowest BCUT2D eigenvalue weighted by Crippen LogP contribution is -2.28. The summed E-state index contributed by atoms with van der Waals surface area (Å²) in [6.07, 6.45) is 2.49. The molecule has 0 bridgehead atoms. The highest BCUT2D eigenvalue weighted by Crippen LogP contribution is 2.14. The second-order valence-corrected chi connectivity index (χ2v) is 5.44. The highest BCUT2D eigenvalue weighted by Gasteiger charge is 2.22. The molecule has 0 heterocycles. The van der Waals surface area contributed by atoms with E-state index in [9.17, 15) is 9.59 Å². The van der Waals surface area contributed by atoms with Crippen LogP contribution in [0.2, 0.25) is 0 Å². The highest BCUT2D eigenvalue weighted by atomic mass is 16.6. The number of hydrogen-bond acceptors (Lipinski definition) is 4. The quantitative estimate of drug-likeness (QED) is 0.658. The van der Waals surface area contributed by atoms with E-state index in [4.69, 9.17) is 9.47 Å². The van der Waals surface area contributed by atoms with Crippen LogP contribution in [0.4, 0.5) is 0 Å². The normalized spacial score (nSPS) is 12.9. The molecule has 0 rings (SSSR count). The molecule has 0 aliphatic heterocycles. The molecule has 0 fully saturated rings. The Morgan fingerprint density at radius 1 is 1.06 bits per heavy atom. The Labute approximate surface area is 110 Å². The summed E-state index contributed by atoms with van der Waals surface area (Å²) >= 11 is 0. The van der Waals surface area contributed by atoms with Gasteiger partial charge in [-0.15, -0.1) is 0 Å². The molecule has 4 nitrogen and oxygen atoms in total. The minimum absolute atomic E-state index is 0.139. The van der Waals surface area contributed by atoms with E-state index in [1.807, 2.05) is 34.6 Å². The van der Waals surface area contributed by atoms with E-state index in [2.05, 4.69) is 0 Å². The van der Waals surface area contributed by atoms with Gasteiger partial charge >= 0.3 is 11.9 Å². The largest absolute Gasteiger partial charge is 0.462 e. The number of carbonyl (C=O) groups excluding carboxylic acids is 2. The number of ether oxygens (including phenoxy) is 2. The maximum absolute atomic E-state index is 11.7. The van der Waals surface area contributed by atoms with Crippen LogP contribution in [0, 0.1) is 0 Å². The molecule has 0 aliphatic rings. The van der Waals surface area contributed by atoms with Crippen LogP contribution in [0.3, 0.4) is 0 Å². The molecule has 106 valence electrons. The van der Waals surface area contributed by atoms with Gasteiger partial charge in [-0.05, 0) is 33.6 Å². The van der Waals surface area contributed by atoms with E-state index in [1.165, 1.54) is 0 Å². The lowest BCUT2D eigenvalue weighted by Gasteiger charge is -2.22. The molecule has 18 heavy (non-hydrogen) atoms. The second kappa shape index (κ2) is 8.11. The standard InChI is InChI=1S/C14H26O4/c1-6-8-11(17-12(15)9-7-2)10-13(16)18-14(3,4)5/h11H,6-10H2,1-5H3. The van der Waals surface area contributed by atoms with Crippen LogP contribution in [-0.4, -0.2) is 23.6 Å². The average molecular weight is 258 g/mol. The summed E-state index contributed by atoms with van der Waals surface area (Å²) in [5.74, 6) is -0.551. The Hall–Kier alpha value is -1.06. The molecule has 0 aliphatic carbocycles.